The van der Waals surface area contributed by atoms with Crippen LogP contribution in [0.3, 0.4) is 0 Å². The van der Waals surface area contributed by atoms with Crippen molar-refractivity contribution in [2.24, 2.45) is 5.73 Å². The summed E-state index contributed by atoms with van der Waals surface area (Å²) in [6.07, 6.45) is 0. The van der Waals surface area contributed by atoms with Gasteiger partial charge in [-0.2, -0.15) is 0 Å². The van der Waals surface area contributed by atoms with Gasteiger partial charge in [0.25, 0.3) is 0 Å². The summed E-state index contributed by atoms with van der Waals surface area (Å²) in [5, 5.41) is 2.42. The van der Waals surface area contributed by atoms with E-state index in [9.17, 15) is 4.79 Å². The van der Waals surface area contributed by atoms with E-state index in [0.717, 1.165) is 5.56 Å². The summed E-state index contributed by atoms with van der Waals surface area (Å²) in [5.74, 6) is 0. The molecule has 0 heterocycles. The van der Waals surface area contributed by atoms with Gasteiger partial charge in [-0.15, -0.1) is 23.2 Å². The minimum Gasteiger partial charge on any atom is -0.351 e. The maximum absolute atomic E-state index is 10.4. The molecule has 0 radical (unpaired) electrons. The van der Waals surface area contributed by atoms with Crippen molar-refractivity contribution in [1.29, 1.82) is 0 Å². The van der Waals surface area contributed by atoms with E-state index in [-0.39, 0.29) is 0 Å². The zero-order valence-electron chi connectivity index (χ0n) is 6.63. The first-order valence-electron chi connectivity index (χ1n) is 3.54. The van der Waals surface area contributed by atoms with Crippen molar-refractivity contribution in [3.05, 3.63) is 29.8 Å². The summed E-state index contributed by atoms with van der Waals surface area (Å²) in [6.45, 7) is 0. The van der Waals surface area contributed by atoms with Crippen LogP contribution in [-0.4, -0.2) is 6.03 Å². The van der Waals surface area contributed by atoms with Crippen LogP contribution >= 0.6 is 23.2 Å². The SMILES string of the molecule is NC(=O)Nc1ccc(C(Cl)Cl)cc1. The van der Waals surface area contributed by atoms with Crippen LogP contribution in [-0.2, 0) is 0 Å². The number of halogens is 2. The summed E-state index contributed by atoms with van der Waals surface area (Å²) in [5.41, 5.74) is 6.31. The predicted octanol–water partition coefficient (Wildman–Crippen LogP) is 2.65. The number of rotatable bonds is 2. The highest BCUT2D eigenvalue weighted by Gasteiger charge is 2.02. The molecule has 5 heteroatoms. The van der Waals surface area contributed by atoms with Crippen LogP contribution in [0, 0.1) is 0 Å². The summed E-state index contributed by atoms with van der Waals surface area (Å²) >= 11 is 11.2. The summed E-state index contributed by atoms with van der Waals surface area (Å²) in [4.78, 5) is 9.89. The molecule has 13 heavy (non-hydrogen) atoms. The molecule has 0 unspecified atom stereocenters. The molecule has 0 saturated heterocycles. The number of benzene rings is 1. The number of carbonyl (C=O) groups is 1. The number of nitrogens with one attached hydrogen (secondary N) is 1. The van der Waals surface area contributed by atoms with Crippen LogP contribution in [0.4, 0.5) is 10.5 Å². The Morgan fingerprint density at radius 3 is 2.23 bits per heavy atom. The number of anilines is 1. The van der Waals surface area contributed by atoms with Gasteiger partial charge in [0.15, 0.2) is 0 Å². The van der Waals surface area contributed by atoms with E-state index in [1.54, 1.807) is 24.3 Å². The minimum absolute atomic E-state index is 0.553. The molecule has 0 bridgehead atoms. The summed E-state index contributed by atoms with van der Waals surface area (Å²) < 4.78 is 0. The summed E-state index contributed by atoms with van der Waals surface area (Å²) in [6, 6.07) is 6.20. The van der Waals surface area contributed by atoms with Gasteiger partial charge >= 0.3 is 6.03 Å². The molecule has 0 aliphatic carbocycles. The fraction of sp³-hybridized carbons (Fsp3) is 0.125. The number of alkyl halides is 2. The topological polar surface area (TPSA) is 55.1 Å². The van der Waals surface area contributed by atoms with Crippen LogP contribution in [0.5, 0.6) is 0 Å². The van der Waals surface area contributed by atoms with Crippen molar-refractivity contribution in [2.45, 2.75) is 4.84 Å². The molecule has 0 saturated carbocycles. The Balaban J connectivity index is 2.75. The standard InChI is InChI=1S/C8H8Cl2N2O/c9-7(10)5-1-3-6(4-2-5)12-8(11)13/h1-4,7H,(H3,11,12,13). The molecule has 0 aliphatic rings. The third-order valence-corrected chi connectivity index (χ3v) is 1.93. The van der Waals surface area contributed by atoms with E-state index < -0.39 is 10.9 Å². The number of carbonyl (C=O) groups excluding carboxylic acids is 1. The average molecular weight is 219 g/mol. The zero-order chi connectivity index (χ0) is 9.84. The normalized spacial score (nSPS) is 10.1. The molecule has 2 amide bonds. The van der Waals surface area contributed by atoms with Crippen LogP contribution in [0.15, 0.2) is 24.3 Å². The second-order valence-corrected chi connectivity index (χ2v) is 3.51. The fourth-order valence-corrected chi connectivity index (χ4v) is 1.15. The van der Waals surface area contributed by atoms with Crippen molar-refractivity contribution in [2.75, 3.05) is 5.32 Å². The number of amides is 2. The first-order chi connectivity index (χ1) is 6.09. The Bertz CT molecular complexity index is 298. The van der Waals surface area contributed by atoms with Gasteiger partial charge in [0.1, 0.15) is 4.84 Å². The lowest BCUT2D eigenvalue weighted by molar-refractivity contribution is 0.259. The highest BCUT2D eigenvalue weighted by Crippen LogP contribution is 2.25. The fourth-order valence-electron chi connectivity index (χ4n) is 0.854. The van der Waals surface area contributed by atoms with Gasteiger partial charge < -0.3 is 11.1 Å². The molecule has 70 valence electrons. The molecule has 1 aromatic carbocycles. The zero-order valence-corrected chi connectivity index (χ0v) is 8.14. The molecule has 0 spiro atoms. The molecule has 3 nitrogen and oxygen atoms in total. The Morgan fingerprint density at radius 2 is 1.85 bits per heavy atom. The van der Waals surface area contributed by atoms with Gasteiger partial charge in [-0.1, -0.05) is 12.1 Å². The van der Waals surface area contributed by atoms with E-state index in [1.807, 2.05) is 0 Å². The Hall–Kier alpha value is -0.930. The lowest BCUT2D eigenvalue weighted by Crippen LogP contribution is -2.19. The van der Waals surface area contributed by atoms with Gasteiger partial charge in [-0.3, -0.25) is 0 Å². The number of urea groups is 1. The maximum Gasteiger partial charge on any atom is 0.316 e. The molecule has 0 aromatic heterocycles. The van der Waals surface area contributed by atoms with Gasteiger partial charge in [0.2, 0.25) is 0 Å². The number of primary amides is 1. The molecular weight excluding hydrogens is 211 g/mol. The molecule has 0 atom stereocenters. The lowest BCUT2D eigenvalue weighted by atomic mass is 10.2. The van der Waals surface area contributed by atoms with E-state index in [0.29, 0.717) is 5.69 Å². The largest absolute Gasteiger partial charge is 0.351 e. The smallest absolute Gasteiger partial charge is 0.316 e. The van der Waals surface area contributed by atoms with Crippen LogP contribution in [0.25, 0.3) is 0 Å². The van der Waals surface area contributed by atoms with Crippen molar-refractivity contribution in [3.8, 4) is 0 Å². The van der Waals surface area contributed by atoms with Crippen LogP contribution in [0.1, 0.15) is 10.4 Å². The number of nitrogens with two attached hydrogens (primary N) is 1. The molecule has 1 aromatic rings. The highest BCUT2D eigenvalue weighted by molar-refractivity contribution is 6.44. The van der Waals surface area contributed by atoms with E-state index in [4.69, 9.17) is 28.9 Å². The highest BCUT2D eigenvalue weighted by atomic mass is 35.5. The average Bonchev–Trinajstić information content (AvgIpc) is 2.04. The quantitative estimate of drug-likeness (QED) is 0.738. The molecule has 0 aliphatic heterocycles. The van der Waals surface area contributed by atoms with Gasteiger partial charge in [0.05, 0.1) is 0 Å². The van der Waals surface area contributed by atoms with Gasteiger partial charge in [-0.25, -0.2) is 4.79 Å². The number of hydrogen-bond donors (Lipinski definition) is 2. The second-order valence-electron chi connectivity index (χ2n) is 2.41. The first-order valence-corrected chi connectivity index (χ1v) is 4.41. The first kappa shape index (κ1) is 10.2. The van der Waals surface area contributed by atoms with E-state index in [2.05, 4.69) is 5.32 Å². The molecule has 3 N–H and O–H groups in total. The third-order valence-electron chi connectivity index (χ3n) is 1.43. The molecule has 0 fully saturated rings. The van der Waals surface area contributed by atoms with Gasteiger partial charge in [-0.05, 0) is 17.7 Å². The van der Waals surface area contributed by atoms with Crippen LogP contribution in [0.2, 0.25) is 0 Å². The van der Waals surface area contributed by atoms with E-state index >= 15 is 0 Å². The third kappa shape index (κ3) is 3.13. The second kappa shape index (κ2) is 4.35. The van der Waals surface area contributed by atoms with Crippen LogP contribution < -0.4 is 11.1 Å². The maximum atomic E-state index is 10.4. The monoisotopic (exact) mass is 218 g/mol. The minimum atomic E-state index is -0.596. The Labute approximate surface area is 85.8 Å². The molecule has 1 rings (SSSR count). The number of hydrogen-bond acceptors (Lipinski definition) is 1. The van der Waals surface area contributed by atoms with Crippen molar-refractivity contribution in [1.82, 2.24) is 0 Å². The van der Waals surface area contributed by atoms with Gasteiger partial charge in [0, 0.05) is 5.69 Å². The van der Waals surface area contributed by atoms with Crippen molar-refractivity contribution in [3.63, 3.8) is 0 Å². The Morgan fingerprint density at radius 1 is 1.31 bits per heavy atom. The lowest BCUT2D eigenvalue weighted by Gasteiger charge is -2.04. The molecular formula is C8H8Cl2N2O. The van der Waals surface area contributed by atoms with E-state index in [1.165, 1.54) is 0 Å². The Kier molecular flexibility index (Phi) is 3.39. The predicted molar refractivity (Wildman–Crippen MR) is 54.1 cm³/mol. The summed E-state index contributed by atoms with van der Waals surface area (Å²) in [7, 11) is 0. The van der Waals surface area contributed by atoms with Crippen molar-refractivity contribution < 1.29 is 4.79 Å². The van der Waals surface area contributed by atoms with Crippen molar-refractivity contribution >= 4 is 34.9 Å².